The molecule has 9 nitrogen and oxygen atoms in total. The fourth-order valence-corrected chi connectivity index (χ4v) is 6.00. The monoisotopic (exact) mass is 551 g/mol. The number of aliphatic hydroxyl groups is 1. The minimum atomic E-state index is -4.01. The number of nitrogens with zero attached hydrogens (tertiary/aromatic N) is 3. The molecule has 4 rings (SSSR count). The van der Waals surface area contributed by atoms with Crippen molar-refractivity contribution in [3.05, 3.63) is 59.1 Å². The van der Waals surface area contributed by atoms with Crippen LogP contribution in [0.25, 0.3) is 27.6 Å². The summed E-state index contributed by atoms with van der Waals surface area (Å²) >= 11 is 0. The Morgan fingerprint density at radius 3 is 2.56 bits per heavy atom. The molecule has 3 aromatic rings. The molecule has 1 fully saturated rings. The number of fused-ring (bicyclic) bond motifs is 1. The first-order valence-electron chi connectivity index (χ1n) is 13.2. The number of aliphatic hydroxyl groups excluding tert-OH is 1. The van der Waals surface area contributed by atoms with Gasteiger partial charge in [-0.05, 0) is 59.5 Å². The van der Waals surface area contributed by atoms with E-state index in [1.165, 1.54) is 0 Å². The van der Waals surface area contributed by atoms with Gasteiger partial charge in [0, 0.05) is 69.0 Å². The molecule has 1 atom stereocenters. The van der Waals surface area contributed by atoms with E-state index < -0.39 is 10.0 Å². The Morgan fingerprint density at radius 1 is 1.13 bits per heavy atom. The molecule has 0 saturated carbocycles. The lowest BCUT2D eigenvalue weighted by Crippen LogP contribution is -2.38. The van der Waals surface area contributed by atoms with Crippen LogP contribution in [0.4, 0.5) is 5.69 Å². The van der Waals surface area contributed by atoms with E-state index >= 15 is 0 Å². The van der Waals surface area contributed by atoms with Gasteiger partial charge < -0.3 is 19.7 Å². The Balaban J connectivity index is 1.52. The van der Waals surface area contributed by atoms with Gasteiger partial charge in [0.15, 0.2) is 4.91 Å². The summed E-state index contributed by atoms with van der Waals surface area (Å²) in [6, 6.07) is 18.2. The number of aromatic nitrogens is 1. The zero-order valence-corrected chi connectivity index (χ0v) is 23.6. The van der Waals surface area contributed by atoms with Crippen molar-refractivity contribution in [2.45, 2.75) is 13.8 Å². The summed E-state index contributed by atoms with van der Waals surface area (Å²) < 4.78 is 35.4. The van der Waals surface area contributed by atoms with E-state index in [0.717, 1.165) is 67.1 Å². The molecule has 1 aromatic heterocycles. The van der Waals surface area contributed by atoms with E-state index in [-0.39, 0.29) is 24.0 Å². The van der Waals surface area contributed by atoms with Crippen LogP contribution in [0.2, 0.25) is 0 Å². The topological polar surface area (TPSA) is 120 Å². The average Bonchev–Trinajstić information content (AvgIpc) is 3.33. The van der Waals surface area contributed by atoms with Crippen LogP contribution >= 0.6 is 0 Å². The maximum absolute atomic E-state index is 12.8. The average molecular weight is 552 g/mol. The number of allylic oxidation sites excluding steroid dienone is 2. The van der Waals surface area contributed by atoms with Crippen LogP contribution in [-0.2, 0) is 21.8 Å². The Labute approximate surface area is 230 Å². The molecule has 3 N–H and O–H groups in total. The lowest BCUT2D eigenvalue weighted by atomic mass is 10.0. The quantitative estimate of drug-likeness (QED) is 0.313. The van der Waals surface area contributed by atoms with Gasteiger partial charge in [0.25, 0.3) is 10.0 Å². The number of nitrogens with one attached hydrogen (secondary N) is 2. The normalized spacial score (nSPS) is 16.1. The van der Waals surface area contributed by atoms with Crippen molar-refractivity contribution < 1.29 is 18.3 Å². The Kier molecular flexibility index (Phi) is 9.43. The molecule has 1 saturated heterocycles. The number of nitriles is 1. The molecule has 2 aromatic carbocycles. The van der Waals surface area contributed by atoms with Crippen molar-refractivity contribution in [3.63, 3.8) is 0 Å². The maximum atomic E-state index is 12.8. The molecule has 1 aliphatic rings. The molecule has 10 heteroatoms. The molecule has 208 valence electrons. The van der Waals surface area contributed by atoms with Crippen LogP contribution in [0, 0.1) is 17.2 Å². The zero-order chi connectivity index (χ0) is 28.0. The Bertz CT molecular complexity index is 1480. The number of ether oxygens (including phenoxy) is 1. The second kappa shape index (κ2) is 12.8. The van der Waals surface area contributed by atoms with Gasteiger partial charge in [-0.15, -0.1) is 0 Å². The fourth-order valence-electron chi connectivity index (χ4n) is 4.73. The lowest BCUT2D eigenvalue weighted by molar-refractivity contribution is 0.0398. The van der Waals surface area contributed by atoms with Gasteiger partial charge in [-0.25, -0.2) is 13.1 Å². The Hall–Kier alpha value is -3.20. The van der Waals surface area contributed by atoms with Gasteiger partial charge >= 0.3 is 0 Å². The fraction of sp³-hybridized carbons (Fsp3) is 0.414. The molecule has 2 heterocycles. The second-order valence-electron chi connectivity index (χ2n) is 10.0. The van der Waals surface area contributed by atoms with Crippen molar-refractivity contribution in [3.8, 4) is 17.3 Å². The van der Waals surface area contributed by atoms with Crippen molar-refractivity contribution in [2.75, 3.05) is 57.9 Å². The van der Waals surface area contributed by atoms with Gasteiger partial charge in [0.1, 0.15) is 6.07 Å². The molecular weight excluding hydrogens is 514 g/mol. The molecule has 0 spiro atoms. The molecule has 0 bridgehead atoms. The summed E-state index contributed by atoms with van der Waals surface area (Å²) in [5.74, 6) is -0.253. The standard InChI is InChI=1S/C29H37N5O4S/c1-21(20-35)19-32-39(36,37)29(18-30)22(2)27-8-9-28(33(27)3)25-5-4-24-17-26(7-6-23(24)16-25)31-10-11-34-12-14-38-15-13-34/h4-9,16-17,21,31-32,35H,10-15,19-20H2,1-3H3/b29-22+. The molecule has 1 aliphatic heterocycles. The predicted molar refractivity (Wildman–Crippen MR) is 155 cm³/mol. The summed E-state index contributed by atoms with van der Waals surface area (Å²) in [5, 5.41) is 24.6. The lowest BCUT2D eigenvalue weighted by Gasteiger charge is -2.26. The van der Waals surface area contributed by atoms with Crippen molar-refractivity contribution in [1.29, 1.82) is 5.26 Å². The number of anilines is 1. The number of rotatable bonds is 11. The van der Waals surface area contributed by atoms with Gasteiger partial charge in [0.2, 0.25) is 0 Å². The predicted octanol–water partition coefficient (Wildman–Crippen LogP) is 3.39. The molecule has 0 radical (unpaired) electrons. The molecule has 1 unspecified atom stereocenters. The molecular formula is C29H37N5O4S. The second-order valence-corrected chi connectivity index (χ2v) is 11.7. The van der Waals surface area contributed by atoms with Crippen molar-refractivity contribution >= 4 is 32.1 Å². The number of sulfonamides is 1. The zero-order valence-electron chi connectivity index (χ0n) is 22.8. The highest BCUT2D eigenvalue weighted by atomic mass is 32.2. The van der Waals surface area contributed by atoms with Gasteiger partial charge in [-0.1, -0.05) is 25.1 Å². The molecule has 0 amide bonds. The van der Waals surface area contributed by atoms with Crippen molar-refractivity contribution in [2.24, 2.45) is 13.0 Å². The van der Waals surface area contributed by atoms with E-state index in [2.05, 4.69) is 51.3 Å². The van der Waals surface area contributed by atoms with Crippen LogP contribution in [0.3, 0.4) is 0 Å². The van der Waals surface area contributed by atoms with Crippen LogP contribution in [0.15, 0.2) is 53.4 Å². The first-order chi connectivity index (χ1) is 18.7. The highest BCUT2D eigenvalue weighted by Crippen LogP contribution is 2.30. The summed E-state index contributed by atoms with van der Waals surface area (Å²) in [7, 11) is -2.15. The van der Waals surface area contributed by atoms with E-state index in [1.807, 2.05) is 29.8 Å². The minimum Gasteiger partial charge on any atom is -0.396 e. The van der Waals surface area contributed by atoms with E-state index in [9.17, 15) is 18.8 Å². The summed E-state index contributed by atoms with van der Waals surface area (Å²) in [6.45, 7) is 8.69. The van der Waals surface area contributed by atoms with Gasteiger partial charge in [-0.2, -0.15) is 5.26 Å². The number of hydrogen-bond acceptors (Lipinski definition) is 7. The smallest absolute Gasteiger partial charge is 0.251 e. The van der Waals surface area contributed by atoms with Crippen LogP contribution in [0.5, 0.6) is 0 Å². The Morgan fingerprint density at radius 2 is 1.85 bits per heavy atom. The maximum Gasteiger partial charge on any atom is 0.251 e. The van der Waals surface area contributed by atoms with Crippen molar-refractivity contribution in [1.82, 2.24) is 14.2 Å². The van der Waals surface area contributed by atoms with E-state index in [4.69, 9.17) is 4.74 Å². The van der Waals surface area contributed by atoms with Crippen LogP contribution in [-0.4, -0.2) is 75.5 Å². The number of morpholine rings is 1. The minimum absolute atomic E-state index is 0.0534. The first kappa shape index (κ1) is 28.8. The molecule has 39 heavy (non-hydrogen) atoms. The highest BCUT2D eigenvalue weighted by molar-refractivity contribution is 7.93. The third-order valence-electron chi connectivity index (χ3n) is 7.15. The summed E-state index contributed by atoms with van der Waals surface area (Å²) in [5.41, 5.74) is 3.99. The first-order valence-corrected chi connectivity index (χ1v) is 14.7. The summed E-state index contributed by atoms with van der Waals surface area (Å²) in [6.07, 6.45) is 0. The van der Waals surface area contributed by atoms with E-state index in [1.54, 1.807) is 13.8 Å². The summed E-state index contributed by atoms with van der Waals surface area (Å²) in [4.78, 5) is 2.07. The highest BCUT2D eigenvalue weighted by Gasteiger charge is 2.23. The molecule has 0 aliphatic carbocycles. The third-order valence-corrected chi connectivity index (χ3v) is 8.63. The van der Waals surface area contributed by atoms with Crippen LogP contribution < -0.4 is 10.0 Å². The van der Waals surface area contributed by atoms with Gasteiger partial charge in [-0.3, -0.25) is 4.90 Å². The number of hydrogen-bond donors (Lipinski definition) is 3. The third kappa shape index (κ3) is 6.87. The largest absolute Gasteiger partial charge is 0.396 e. The van der Waals surface area contributed by atoms with Crippen LogP contribution in [0.1, 0.15) is 19.5 Å². The van der Waals surface area contributed by atoms with E-state index in [0.29, 0.717) is 11.3 Å². The van der Waals surface area contributed by atoms with Gasteiger partial charge in [0.05, 0.1) is 13.2 Å². The number of benzene rings is 2. The SMILES string of the molecule is C/C(=C(/C#N)S(=O)(=O)NCC(C)CO)c1ccc(-c2ccc3cc(NCCN4CCOCC4)ccc3c2)n1C.